The third-order valence-electron chi connectivity index (χ3n) is 4.05. The number of nitrogens with zero attached hydrogens (tertiary/aromatic N) is 3. The minimum atomic E-state index is -0.351. The summed E-state index contributed by atoms with van der Waals surface area (Å²) in [4.78, 5) is 37.8. The summed E-state index contributed by atoms with van der Waals surface area (Å²) in [6.07, 6.45) is 1.52. The highest BCUT2D eigenvalue weighted by Crippen LogP contribution is 2.22. The van der Waals surface area contributed by atoms with Crippen LogP contribution in [0.4, 0.5) is 0 Å². The lowest BCUT2D eigenvalue weighted by molar-refractivity contribution is 0.0647. The number of hydrogen-bond acceptors (Lipinski definition) is 5. The van der Waals surface area contributed by atoms with Gasteiger partial charge in [0, 0.05) is 12.6 Å². The first-order chi connectivity index (χ1) is 12.1. The van der Waals surface area contributed by atoms with Crippen LogP contribution in [0.2, 0.25) is 0 Å². The van der Waals surface area contributed by atoms with Crippen LogP contribution in [-0.2, 0) is 6.54 Å². The van der Waals surface area contributed by atoms with E-state index in [9.17, 15) is 14.4 Å². The van der Waals surface area contributed by atoms with E-state index in [1.807, 2.05) is 0 Å². The lowest BCUT2D eigenvalue weighted by Crippen LogP contribution is -2.35. The van der Waals surface area contributed by atoms with Gasteiger partial charge in [0.15, 0.2) is 5.76 Å². The molecule has 0 radical (unpaired) electrons. The van der Waals surface area contributed by atoms with Crippen LogP contribution in [0.5, 0.6) is 0 Å². The summed E-state index contributed by atoms with van der Waals surface area (Å²) in [6.45, 7) is 0.180. The summed E-state index contributed by atoms with van der Waals surface area (Å²) in [6, 6.07) is 13.1. The molecule has 1 aromatic carbocycles. The highest BCUT2D eigenvalue weighted by molar-refractivity contribution is 6.21. The molecule has 0 fully saturated rings. The minimum Gasteiger partial charge on any atom is -0.463 e. The third kappa shape index (κ3) is 2.55. The maximum Gasteiger partial charge on any atom is 0.266 e. The Morgan fingerprint density at radius 2 is 1.56 bits per heavy atom. The minimum absolute atomic E-state index is 0.0703. The average molecular weight is 335 g/mol. The van der Waals surface area contributed by atoms with Crippen molar-refractivity contribution in [1.29, 1.82) is 0 Å². The summed E-state index contributed by atoms with van der Waals surface area (Å²) in [5.74, 6) is -0.166. The molecule has 0 spiro atoms. The van der Waals surface area contributed by atoms with Gasteiger partial charge in [0.2, 0.25) is 0 Å². The largest absolute Gasteiger partial charge is 0.463 e. The van der Waals surface area contributed by atoms with Gasteiger partial charge in [-0.05, 0) is 30.3 Å². The van der Waals surface area contributed by atoms with E-state index < -0.39 is 0 Å². The molecule has 4 rings (SSSR count). The van der Waals surface area contributed by atoms with E-state index in [2.05, 4.69) is 5.10 Å². The Bertz CT molecular complexity index is 986. The van der Waals surface area contributed by atoms with Gasteiger partial charge in [0.25, 0.3) is 17.4 Å². The Morgan fingerprint density at radius 3 is 2.20 bits per heavy atom. The first kappa shape index (κ1) is 15.1. The van der Waals surface area contributed by atoms with Crippen molar-refractivity contribution in [2.45, 2.75) is 6.54 Å². The number of aromatic nitrogens is 2. The van der Waals surface area contributed by atoms with Crippen molar-refractivity contribution < 1.29 is 14.0 Å². The fourth-order valence-electron chi connectivity index (χ4n) is 2.80. The van der Waals surface area contributed by atoms with Crippen LogP contribution in [0, 0.1) is 0 Å². The van der Waals surface area contributed by atoms with Crippen LogP contribution < -0.4 is 5.56 Å². The Labute approximate surface area is 142 Å². The van der Waals surface area contributed by atoms with Crippen molar-refractivity contribution in [2.75, 3.05) is 6.54 Å². The van der Waals surface area contributed by atoms with Crippen molar-refractivity contribution in [3.8, 4) is 11.5 Å². The van der Waals surface area contributed by atoms with Crippen LogP contribution in [-0.4, -0.2) is 33.0 Å². The number of hydrogen-bond donors (Lipinski definition) is 0. The van der Waals surface area contributed by atoms with Crippen LogP contribution in [0.25, 0.3) is 11.5 Å². The topological polar surface area (TPSA) is 85.4 Å². The molecule has 0 atom stereocenters. The van der Waals surface area contributed by atoms with E-state index in [-0.39, 0.29) is 30.5 Å². The molecule has 3 aromatic rings. The number of amides is 2. The first-order valence-electron chi connectivity index (χ1n) is 7.72. The molecule has 2 aromatic heterocycles. The van der Waals surface area contributed by atoms with E-state index in [0.717, 1.165) is 4.90 Å². The molecule has 0 saturated carbocycles. The highest BCUT2D eigenvalue weighted by atomic mass is 16.3. The number of imide groups is 1. The highest BCUT2D eigenvalue weighted by Gasteiger charge is 2.34. The molecule has 25 heavy (non-hydrogen) atoms. The number of carbonyl (C=O) groups excluding carboxylic acids is 2. The van der Waals surface area contributed by atoms with Crippen molar-refractivity contribution in [3.05, 3.63) is 76.3 Å². The van der Waals surface area contributed by atoms with Gasteiger partial charge in [-0.2, -0.15) is 5.10 Å². The van der Waals surface area contributed by atoms with Gasteiger partial charge >= 0.3 is 0 Å². The molecule has 0 unspecified atom stereocenters. The van der Waals surface area contributed by atoms with Crippen LogP contribution in [0.1, 0.15) is 20.7 Å². The Balaban J connectivity index is 1.57. The maximum atomic E-state index is 12.3. The Kier molecular flexibility index (Phi) is 3.53. The first-order valence-corrected chi connectivity index (χ1v) is 7.72. The maximum absolute atomic E-state index is 12.3. The summed E-state index contributed by atoms with van der Waals surface area (Å²) < 4.78 is 6.50. The zero-order valence-corrected chi connectivity index (χ0v) is 13.1. The molecule has 0 bridgehead atoms. The van der Waals surface area contributed by atoms with Gasteiger partial charge in [-0.15, -0.1) is 0 Å². The fraction of sp³-hybridized carbons (Fsp3) is 0.111. The molecule has 0 aliphatic carbocycles. The number of benzene rings is 1. The van der Waals surface area contributed by atoms with E-state index >= 15 is 0 Å². The van der Waals surface area contributed by atoms with Crippen molar-refractivity contribution in [2.24, 2.45) is 0 Å². The van der Waals surface area contributed by atoms with Gasteiger partial charge in [-0.1, -0.05) is 12.1 Å². The molecule has 0 saturated heterocycles. The average Bonchev–Trinajstić information content (AvgIpc) is 3.24. The van der Waals surface area contributed by atoms with Crippen LogP contribution in [0.3, 0.4) is 0 Å². The zero-order chi connectivity index (χ0) is 17.4. The van der Waals surface area contributed by atoms with Gasteiger partial charge in [-0.25, -0.2) is 4.68 Å². The second-order valence-corrected chi connectivity index (χ2v) is 5.56. The van der Waals surface area contributed by atoms with Crippen molar-refractivity contribution in [1.82, 2.24) is 14.7 Å². The number of furan rings is 1. The molecular formula is C18H13N3O4. The predicted octanol–water partition coefficient (Wildman–Crippen LogP) is 1.80. The molecule has 1 aliphatic heterocycles. The van der Waals surface area contributed by atoms with Gasteiger partial charge < -0.3 is 4.42 Å². The molecule has 7 nitrogen and oxygen atoms in total. The molecule has 3 heterocycles. The Hall–Kier alpha value is -3.48. The van der Waals surface area contributed by atoms with Crippen LogP contribution in [0.15, 0.2) is 64.0 Å². The normalized spacial score (nSPS) is 13.4. The molecule has 1 aliphatic rings. The Morgan fingerprint density at radius 1 is 0.840 bits per heavy atom. The van der Waals surface area contributed by atoms with Gasteiger partial charge in [-0.3, -0.25) is 19.3 Å². The summed E-state index contributed by atoms with van der Waals surface area (Å²) >= 11 is 0. The summed E-state index contributed by atoms with van der Waals surface area (Å²) in [5, 5.41) is 4.24. The lowest BCUT2D eigenvalue weighted by Gasteiger charge is -2.14. The van der Waals surface area contributed by atoms with E-state index in [0.29, 0.717) is 22.6 Å². The van der Waals surface area contributed by atoms with E-state index in [1.165, 1.54) is 17.0 Å². The van der Waals surface area contributed by atoms with Crippen molar-refractivity contribution in [3.63, 3.8) is 0 Å². The van der Waals surface area contributed by atoms with Crippen LogP contribution >= 0.6 is 0 Å². The molecular weight excluding hydrogens is 322 g/mol. The lowest BCUT2D eigenvalue weighted by atomic mass is 10.1. The standard InChI is InChI=1S/C18H13N3O4/c22-16-8-7-14(15-6-3-11-25-15)19-21(16)10-9-20-17(23)12-4-1-2-5-13(12)18(20)24/h1-8,11H,9-10H2. The molecule has 0 N–H and O–H groups in total. The summed E-state index contributed by atoms with van der Waals surface area (Å²) in [7, 11) is 0. The predicted molar refractivity (Wildman–Crippen MR) is 88.0 cm³/mol. The SMILES string of the molecule is O=C1c2ccccc2C(=O)N1CCn1nc(-c2ccco2)ccc1=O. The monoisotopic (exact) mass is 335 g/mol. The van der Waals surface area contributed by atoms with Gasteiger partial charge in [0.05, 0.1) is 23.9 Å². The molecule has 124 valence electrons. The second-order valence-electron chi connectivity index (χ2n) is 5.56. The fourth-order valence-corrected chi connectivity index (χ4v) is 2.80. The third-order valence-corrected chi connectivity index (χ3v) is 4.05. The van der Waals surface area contributed by atoms with E-state index in [4.69, 9.17) is 4.42 Å². The van der Waals surface area contributed by atoms with Crippen molar-refractivity contribution >= 4 is 11.8 Å². The molecule has 2 amide bonds. The molecule has 7 heteroatoms. The van der Waals surface area contributed by atoms with Gasteiger partial charge in [0.1, 0.15) is 5.69 Å². The van der Waals surface area contributed by atoms with E-state index in [1.54, 1.807) is 42.5 Å². The summed E-state index contributed by atoms with van der Waals surface area (Å²) in [5.41, 5.74) is 0.966. The quantitative estimate of drug-likeness (QED) is 0.679. The smallest absolute Gasteiger partial charge is 0.266 e. The zero-order valence-electron chi connectivity index (χ0n) is 13.1. The number of carbonyl (C=O) groups is 2. The number of rotatable bonds is 4. The second kappa shape index (κ2) is 5.86. The number of fused-ring (bicyclic) bond motifs is 1.